The molecule has 2 rings (SSSR count). The monoisotopic (exact) mass is 323 g/mol. The van der Waals surface area contributed by atoms with Gasteiger partial charge in [-0.3, -0.25) is 4.79 Å². The largest absolute Gasteiger partial charge is 0.335 e. The molecule has 0 atom stereocenters. The molecular weight excluding hydrogens is 309 g/mol. The van der Waals surface area contributed by atoms with Gasteiger partial charge in [0.2, 0.25) is 0 Å². The third kappa shape index (κ3) is 3.68. The van der Waals surface area contributed by atoms with Crippen molar-refractivity contribution in [2.75, 3.05) is 32.7 Å². The summed E-state index contributed by atoms with van der Waals surface area (Å²) in [5.74, 6) is 1.27. The average Bonchev–Trinajstić information content (AvgIpc) is 2.52. The molecule has 22 heavy (non-hydrogen) atoms. The first kappa shape index (κ1) is 16.1. The molecule has 0 unspecified atom stereocenters. The van der Waals surface area contributed by atoms with Crippen molar-refractivity contribution < 1.29 is 14.0 Å². The van der Waals surface area contributed by atoms with E-state index in [1.807, 2.05) is 0 Å². The number of halogens is 2. The molecule has 7 heteroatoms. The number of nitrogens with zero attached hydrogens (tertiary/aromatic N) is 2. The maximum atomic E-state index is 13.8. The van der Waals surface area contributed by atoms with Gasteiger partial charge in [0.15, 0.2) is 0 Å². The van der Waals surface area contributed by atoms with Crippen LogP contribution in [0.3, 0.4) is 0 Å². The van der Waals surface area contributed by atoms with Gasteiger partial charge in [-0.25, -0.2) is 9.18 Å². The van der Waals surface area contributed by atoms with Crippen molar-refractivity contribution in [3.05, 3.63) is 34.6 Å². The summed E-state index contributed by atoms with van der Waals surface area (Å²) < 4.78 is 13.8. The Bertz CT molecular complexity index is 622. The quantitative estimate of drug-likeness (QED) is 0.840. The molecule has 0 aliphatic carbocycles. The Morgan fingerprint density at radius 1 is 1.27 bits per heavy atom. The highest BCUT2D eigenvalue weighted by Crippen LogP contribution is 2.17. The highest BCUT2D eigenvalue weighted by Gasteiger charge is 2.26. The molecule has 5 nitrogen and oxygen atoms in total. The zero-order chi connectivity index (χ0) is 16.1. The number of amides is 3. The topological polar surface area (TPSA) is 52.7 Å². The summed E-state index contributed by atoms with van der Waals surface area (Å²) in [6.45, 7) is 1.58. The minimum absolute atomic E-state index is 0.0189. The second-order valence-electron chi connectivity index (χ2n) is 4.77. The number of hydrogen-bond donors (Lipinski definition) is 1. The van der Waals surface area contributed by atoms with Crippen molar-refractivity contribution in [1.29, 1.82) is 0 Å². The van der Waals surface area contributed by atoms with E-state index in [4.69, 9.17) is 18.0 Å². The van der Waals surface area contributed by atoms with Gasteiger partial charge in [0.25, 0.3) is 5.91 Å². The summed E-state index contributed by atoms with van der Waals surface area (Å²) >= 11 is 5.67. The first-order valence-corrected chi connectivity index (χ1v) is 7.11. The van der Waals surface area contributed by atoms with Crippen LogP contribution in [0.2, 0.25) is 5.02 Å². The molecule has 1 aliphatic rings. The van der Waals surface area contributed by atoms with Crippen molar-refractivity contribution in [2.24, 2.45) is 0 Å². The number of benzene rings is 1. The number of nitrogens with one attached hydrogen (secondary N) is 1. The van der Waals surface area contributed by atoms with Crippen molar-refractivity contribution in [2.45, 2.75) is 0 Å². The van der Waals surface area contributed by atoms with Crippen LogP contribution in [0.4, 0.5) is 9.18 Å². The number of piperazine rings is 1. The van der Waals surface area contributed by atoms with Crippen molar-refractivity contribution in [3.63, 3.8) is 0 Å². The van der Waals surface area contributed by atoms with Gasteiger partial charge in [-0.2, -0.15) is 0 Å². The standard InChI is InChI=1S/C15H15ClFN3O2/c1-2-5-18-15(22)20-8-6-19(7-9-20)14(21)12-4-3-11(16)10-13(12)17/h1,3-4,10H,5-9H2,(H,18,22). The van der Waals surface area contributed by atoms with Crippen molar-refractivity contribution in [3.8, 4) is 12.3 Å². The number of terminal acetylenes is 1. The van der Waals surface area contributed by atoms with E-state index in [0.29, 0.717) is 26.2 Å². The lowest BCUT2D eigenvalue weighted by Crippen LogP contribution is -2.53. The van der Waals surface area contributed by atoms with Gasteiger partial charge < -0.3 is 15.1 Å². The number of urea groups is 1. The summed E-state index contributed by atoms with van der Waals surface area (Å²) in [5.41, 5.74) is -0.0189. The summed E-state index contributed by atoms with van der Waals surface area (Å²) in [5, 5.41) is 2.81. The zero-order valence-electron chi connectivity index (χ0n) is 11.8. The Morgan fingerprint density at radius 2 is 1.91 bits per heavy atom. The zero-order valence-corrected chi connectivity index (χ0v) is 12.6. The van der Waals surface area contributed by atoms with Gasteiger partial charge in [-0.05, 0) is 18.2 Å². The molecule has 0 bridgehead atoms. The van der Waals surface area contributed by atoms with Crippen LogP contribution in [0, 0.1) is 18.2 Å². The third-order valence-corrected chi connectivity index (χ3v) is 3.59. The SMILES string of the molecule is C#CCNC(=O)N1CCN(C(=O)c2ccc(Cl)cc2F)CC1. The smallest absolute Gasteiger partial charge is 0.318 e. The second kappa shape index (κ2) is 7.14. The molecule has 0 spiro atoms. The van der Waals surface area contributed by atoms with Gasteiger partial charge in [0.05, 0.1) is 12.1 Å². The molecule has 1 N–H and O–H groups in total. The lowest BCUT2D eigenvalue weighted by molar-refractivity contribution is 0.0661. The van der Waals surface area contributed by atoms with E-state index >= 15 is 0 Å². The second-order valence-corrected chi connectivity index (χ2v) is 5.20. The maximum absolute atomic E-state index is 13.8. The van der Waals surface area contributed by atoms with Gasteiger partial charge in [-0.15, -0.1) is 6.42 Å². The van der Waals surface area contributed by atoms with Crippen LogP contribution in [0.5, 0.6) is 0 Å². The van der Waals surface area contributed by atoms with E-state index in [-0.39, 0.29) is 23.2 Å². The van der Waals surface area contributed by atoms with E-state index in [0.717, 1.165) is 6.07 Å². The van der Waals surface area contributed by atoms with Gasteiger partial charge >= 0.3 is 6.03 Å². The van der Waals surface area contributed by atoms with E-state index in [2.05, 4.69) is 11.2 Å². The van der Waals surface area contributed by atoms with Crippen LogP contribution in [0.15, 0.2) is 18.2 Å². The van der Waals surface area contributed by atoms with Crippen LogP contribution >= 0.6 is 11.6 Å². The van der Waals surface area contributed by atoms with Gasteiger partial charge in [0, 0.05) is 31.2 Å². The molecular formula is C15H15ClFN3O2. The predicted molar refractivity (Wildman–Crippen MR) is 81.1 cm³/mol. The summed E-state index contributed by atoms with van der Waals surface area (Å²) in [4.78, 5) is 27.1. The Balaban J connectivity index is 1.95. The molecule has 1 aromatic carbocycles. The molecule has 116 valence electrons. The molecule has 1 heterocycles. The Hall–Kier alpha value is -2.26. The van der Waals surface area contributed by atoms with Crippen LogP contribution in [-0.2, 0) is 0 Å². The molecule has 1 aromatic rings. The van der Waals surface area contributed by atoms with E-state index in [9.17, 15) is 14.0 Å². The molecule has 3 amide bonds. The summed E-state index contributed by atoms with van der Waals surface area (Å²) in [6.07, 6.45) is 5.08. The van der Waals surface area contributed by atoms with E-state index in [1.54, 1.807) is 4.90 Å². The van der Waals surface area contributed by atoms with Crippen LogP contribution in [0.1, 0.15) is 10.4 Å². The molecule has 0 saturated carbocycles. The normalized spacial score (nSPS) is 14.4. The molecule has 1 fully saturated rings. The Kier molecular flexibility index (Phi) is 5.23. The first-order chi connectivity index (χ1) is 10.5. The van der Waals surface area contributed by atoms with E-state index in [1.165, 1.54) is 17.0 Å². The summed E-state index contributed by atoms with van der Waals surface area (Å²) in [7, 11) is 0. The fraction of sp³-hybridized carbons (Fsp3) is 0.333. The lowest BCUT2D eigenvalue weighted by Gasteiger charge is -2.34. The maximum Gasteiger partial charge on any atom is 0.318 e. The number of carbonyl (C=O) groups excluding carboxylic acids is 2. The van der Waals surface area contributed by atoms with E-state index < -0.39 is 11.7 Å². The Morgan fingerprint density at radius 3 is 2.50 bits per heavy atom. The number of hydrogen-bond acceptors (Lipinski definition) is 2. The highest BCUT2D eigenvalue weighted by atomic mass is 35.5. The number of carbonyl (C=O) groups is 2. The lowest BCUT2D eigenvalue weighted by atomic mass is 10.1. The Labute approximate surface area is 133 Å². The number of rotatable bonds is 2. The average molecular weight is 324 g/mol. The van der Waals surface area contributed by atoms with Gasteiger partial charge in [0.1, 0.15) is 5.82 Å². The summed E-state index contributed by atoms with van der Waals surface area (Å²) in [6, 6.07) is 3.69. The first-order valence-electron chi connectivity index (χ1n) is 6.73. The van der Waals surface area contributed by atoms with Crippen LogP contribution < -0.4 is 5.32 Å². The minimum atomic E-state index is -0.647. The van der Waals surface area contributed by atoms with Gasteiger partial charge in [-0.1, -0.05) is 17.5 Å². The molecule has 1 saturated heterocycles. The predicted octanol–water partition coefficient (Wildman–Crippen LogP) is 1.58. The van der Waals surface area contributed by atoms with Crippen LogP contribution in [0.25, 0.3) is 0 Å². The van der Waals surface area contributed by atoms with Crippen LogP contribution in [-0.4, -0.2) is 54.5 Å². The minimum Gasteiger partial charge on any atom is -0.335 e. The highest BCUT2D eigenvalue weighted by molar-refractivity contribution is 6.30. The van der Waals surface area contributed by atoms with Crippen molar-refractivity contribution >= 4 is 23.5 Å². The third-order valence-electron chi connectivity index (χ3n) is 3.36. The van der Waals surface area contributed by atoms with Crippen molar-refractivity contribution in [1.82, 2.24) is 15.1 Å². The fourth-order valence-electron chi connectivity index (χ4n) is 2.18. The molecule has 0 radical (unpaired) electrons. The molecule has 1 aliphatic heterocycles. The molecule has 0 aromatic heterocycles. The fourth-order valence-corrected chi connectivity index (χ4v) is 2.34.